The van der Waals surface area contributed by atoms with Crippen LogP contribution in [0.15, 0.2) is 42.6 Å². The summed E-state index contributed by atoms with van der Waals surface area (Å²) in [6.45, 7) is 0. The normalized spacial score (nSPS) is 11.3. The molecule has 0 unspecified atom stereocenters. The van der Waals surface area contributed by atoms with Gasteiger partial charge >= 0.3 is 12.1 Å². The zero-order valence-electron chi connectivity index (χ0n) is 14.9. The van der Waals surface area contributed by atoms with Gasteiger partial charge in [-0.1, -0.05) is 0 Å². The van der Waals surface area contributed by atoms with Crippen LogP contribution in [0.1, 0.15) is 37.7 Å². The second-order valence-electron chi connectivity index (χ2n) is 6.02. The average molecular weight is 407 g/mol. The van der Waals surface area contributed by atoms with Crippen molar-refractivity contribution in [2.24, 2.45) is 0 Å². The molecule has 3 aromatic rings. The van der Waals surface area contributed by atoms with Crippen LogP contribution in [-0.2, 0) is 17.3 Å². The average Bonchev–Trinajstić information content (AvgIpc) is 3.11. The maximum atomic E-state index is 13.6. The molecule has 0 saturated heterocycles. The highest BCUT2D eigenvalue weighted by Gasteiger charge is 2.31. The molecule has 2 aromatic heterocycles. The molecule has 29 heavy (non-hydrogen) atoms. The summed E-state index contributed by atoms with van der Waals surface area (Å²) in [5.41, 5.74) is -0.566. The number of carbonyl (C=O) groups is 2. The van der Waals surface area contributed by atoms with E-state index in [-0.39, 0.29) is 29.2 Å². The van der Waals surface area contributed by atoms with Crippen LogP contribution in [0.25, 0.3) is 5.82 Å². The molecule has 0 bridgehead atoms. The van der Waals surface area contributed by atoms with Gasteiger partial charge < -0.3 is 4.74 Å². The Bertz CT molecular complexity index is 1080. The van der Waals surface area contributed by atoms with Crippen LogP contribution in [0.4, 0.5) is 17.6 Å². The fraction of sp³-hybridized carbons (Fsp3) is 0.158. The summed E-state index contributed by atoms with van der Waals surface area (Å²) in [7, 11) is 1.16. The van der Waals surface area contributed by atoms with Gasteiger partial charge in [-0.15, -0.1) is 0 Å². The Morgan fingerprint density at radius 1 is 1.17 bits per heavy atom. The molecule has 0 radical (unpaired) electrons. The van der Waals surface area contributed by atoms with Gasteiger partial charge in [0.05, 0.1) is 12.7 Å². The van der Waals surface area contributed by atoms with Gasteiger partial charge in [0.25, 0.3) is 0 Å². The number of carbonyl (C=O) groups excluding carboxylic acids is 2. The predicted octanol–water partition coefficient (Wildman–Crippen LogP) is 3.62. The van der Waals surface area contributed by atoms with Crippen molar-refractivity contribution in [1.29, 1.82) is 0 Å². The van der Waals surface area contributed by atoms with Gasteiger partial charge in [0, 0.05) is 12.3 Å². The van der Waals surface area contributed by atoms with E-state index in [9.17, 15) is 27.2 Å². The van der Waals surface area contributed by atoms with Crippen LogP contribution in [0.5, 0.6) is 0 Å². The van der Waals surface area contributed by atoms with Crippen molar-refractivity contribution < 1.29 is 31.9 Å². The van der Waals surface area contributed by atoms with Crippen LogP contribution >= 0.6 is 0 Å². The molecule has 0 aliphatic heterocycles. The van der Waals surface area contributed by atoms with E-state index in [1.807, 2.05) is 0 Å². The van der Waals surface area contributed by atoms with Gasteiger partial charge in [-0.25, -0.2) is 18.9 Å². The number of nitrogens with zero attached hydrogens (tertiary/aromatic N) is 3. The lowest BCUT2D eigenvalue weighted by atomic mass is 10.0. The summed E-state index contributed by atoms with van der Waals surface area (Å²) >= 11 is 0. The van der Waals surface area contributed by atoms with E-state index in [4.69, 9.17) is 0 Å². The van der Waals surface area contributed by atoms with Crippen molar-refractivity contribution in [2.45, 2.75) is 12.6 Å². The van der Waals surface area contributed by atoms with Crippen molar-refractivity contribution in [1.82, 2.24) is 14.8 Å². The van der Waals surface area contributed by atoms with E-state index >= 15 is 0 Å². The maximum Gasteiger partial charge on any atom is 0.416 e. The molecule has 0 spiro atoms. The second-order valence-corrected chi connectivity index (χ2v) is 6.02. The van der Waals surface area contributed by atoms with Crippen molar-refractivity contribution in [2.75, 3.05) is 7.11 Å². The predicted molar refractivity (Wildman–Crippen MR) is 92.3 cm³/mol. The monoisotopic (exact) mass is 407 g/mol. The quantitative estimate of drug-likeness (QED) is 0.367. The molecular weight excluding hydrogens is 394 g/mol. The molecule has 10 heteroatoms. The number of halogens is 4. The maximum absolute atomic E-state index is 13.6. The molecule has 0 N–H and O–H groups in total. The van der Waals surface area contributed by atoms with Crippen LogP contribution in [-0.4, -0.2) is 34.1 Å². The number of methoxy groups -OCH3 is 1. The minimum atomic E-state index is -4.67. The second kappa shape index (κ2) is 7.82. The molecule has 0 aliphatic rings. The fourth-order valence-corrected chi connectivity index (χ4v) is 2.72. The van der Waals surface area contributed by atoms with Crippen LogP contribution in [0, 0.1) is 5.82 Å². The Kier molecular flexibility index (Phi) is 5.44. The van der Waals surface area contributed by atoms with Crippen molar-refractivity contribution in [3.63, 3.8) is 0 Å². The van der Waals surface area contributed by atoms with E-state index in [1.54, 1.807) is 0 Å². The fourth-order valence-electron chi connectivity index (χ4n) is 2.72. The van der Waals surface area contributed by atoms with Crippen molar-refractivity contribution in [3.05, 3.63) is 76.5 Å². The van der Waals surface area contributed by atoms with Gasteiger partial charge in [0.1, 0.15) is 11.5 Å². The highest BCUT2D eigenvalue weighted by molar-refractivity contribution is 5.90. The summed E-state index contributed by atoms with van der Waals surface area (Å²) in [6, 6.07) is 6.51. The smallest absolute Gasteiger partial charge is 0.416 e. The standard InChI is InChI=1S/C19H13F4N3O3/c1-29-18(28)16-9-15(10-27)25-26(16)17-7-11(2-3-24-17)4-12-5-13(19(21,22)23)8-14(20)6-12/h2-3,5-10H,4H2,1H3. The first kappa shape index (κ1) is 20.2. The summed E-state index contributed by atoms with van der Waals surface area (Å²) in [6.07, 6.45) is -2.89. The van der Waals surface area contributed by atoms with Crippen molar-refractivity contribution >= 4 is 12.3 Å². The summed E-state index contributed by atoms with van der Waals surface area (Å²) < 4.78 is 58.1. The highest BCUT2D eigenvalue weighted by atomic mass is 19.4. The van der Waals surface area contributed by atoms with Crippen LogP contribution < -0.4 is 0 Å². The topological polar surface area (TPSA) is 74.1 Å². The van der Waals surface area contributed by atoms with E-state index in [0.29, 0.717) is 17.9 Å². The molecule has 0 fully saturated rings. The third kappa shape index (κ3) is 4.48. The summed E-state index contributed by atoms with van der Waals surface area (Å²) in [4.78, 5) is 27.0. The number of ether oxygens (including phenoxy) is 1. The lowest BCUT2D eigenvalue weighted by Crippen LogP contribution is -2.11. The number of aldehydes is 1. The Balaban J connectivity index is 1.98. The van der Waals surface area contributed by atoms with Gasteiger partial charge in [0.2, 0.25) is 0 Å². The Morgan fingerprint density at radius 2 is 1.93 bits per heavy atom. The zero-order valence-corrected chi connectivity index (χ0v) is 14.9. The van der Waals surface area contributed by atoms with Crippen LogP contribution in [0.2, 0.25) is 0 Å². The molecule has 3 rings (SSSR count). The number of esters is 1. The molecule has 2 heterocycles. The van der Waals surface area contributed by atoms with E-state index in [2.05, 4.69) is 14.8 Å². The number of benzene rings is 1. The molecule has 150 valence electrons. The molecule has 0 atom stereocenters. The number of hydrogen-bond donors (Lipinski definition) is 0. The largest absolute Gasteiger partial charge is 0.464 e. The van der Waals surface area contributed by atoms with Crippen molar-refractivity contribution in [3.8, 4) is 5.82 Å². The zero-order chi connectivity index (χ0) is 21.2. The minimum absolute atomic E-state index is 0.0221. The SMILES string of the molecule is COC(=O)c1cc(C=O)nn1-c1cc(Cc2cc(F)cc(C(F)(F)F)c2)ccn1. The summed E-state index contributed by atoms with van der Waals surface area (Å²) in [5.74, 6) is -1.61. The number of alkyl halides is 3. The summed E-state index contributed by atoms with van der Waals surface area (Å²) in [5, 5.41) is 3.95. The van der Waals surface area contributed by atoms with Gasteiger partial charge in [-0.3, -0.25) is 4.79 Å². The molecular formula is C19H13F4N3O3. The Labute approximate surface area is 161 Å². The molecule has 0 saturated carbocycles. The first-order valence-corrected chi connectivity index (χ1v) is 8.17. The lowest BCUT2D eigenvalue weighted by molar-refractivity contribution is -0.137. The number of pyridine rings is 1. The van der Waals surface area contributed by atoms with Gasteiger partial charge in [-0.05, 0) is 47.9 Å². The third-order valence-corrected chi connectivity index (χ3v) is 3.96. The third-order valence-electron chi connectivity index (χ3n) is 3.96. The van der Waals surface area contributed by atoms with E-state index < -0.39 is 23.5 Å². The Morgan fingerprint density at radius 3 is 2.59 bits per heavy atom. The Hall–Kier alpha value is -3.56. The van der Waals surface area contributed by atoms with Gasteiger partial charge in [0.15, 0.2) is 17.8 Å². The van der Waals surface area contributed by atoms with E-state index in [0.717, 1.165) is 23.9 Å². The first-order chi connectivity index (χ1) is 13.7. The number of aromatic nitrogens is 3. The van der Waals surface area contributed by atoms with Gasteiger partial charge in [-0.2, -0.15) is 18.3 Å². The lowest BCUT2D eigenvalue weighted by Gasteiger charge is -2.10. The molecule has 0 aliphatic carbocycles. The van der Waals surface area contributed by atoms with E-state index in [1.165, 1.54) is 24.4 Å². The number of rotatable bonds is 5. The number of hydrogen-bond acceptors (Lipinski definition) is 5. The first-order valence-electron chi connectivity index (χ1n) is 8.17. The molecule has 6 nitrogen and oxygen atoms in total. The highest BCUT2D eigenvalue weighted by Crippen LogP contribution is 2.31. The molecule has 0 amide bonds. The van der Waals surface area contributed by atoms with Crippen LogP contribution in [0.3, 0.4) is 0 Å². The molecule has 1 aromatic carbocycles. The minimum Gasteiger partial charge on any atom is -0.464 e.